The van der Waals surface area contributed by atoms with Crippen LogP contribution in [0.25, 0.3) is 6.08 Å². The van der Waals surface area contributed by atoms with Gasteiger partial charge in [-0.3, -0.25) is 9.78 Å². The van der Waals surface area contributed by atoms with E-state index >= 15 is 0 Å². The standard InChI is InChI=1S/C23H20N4O3S2/c24-12-19-18-7-5-16(30-23(29)26-14-15-3-1-9-25-13-15)11-20(18)32-22(19)27-21(28)8-6-17-4-2-10-31-17/h1-4,6,8-10,13,16H,5,7,11,14H2,(H,26,29)(H,27,28). The smallest absolute Gasteiger partial charge is 0.407 e. The molecule has 3 heterocycles. The summed E-state index contributed by atoms with van der Waals surface area (Å²) in [4.78, 5) is 30.4. The van der Waals surface area contributed by atoms with Crippen molar-refractivity contribution in [1.82, 2.24) is 10.3 Å². The van der Waals surface area contributed by atoms with E-state index in [4.69, 9.17) is 4.74 Å². The number of fused-ring (bicyclic) bond motifs is 1. The highest BCUT2D eigenvalue weighted by molar-refractivity contribution is 7.16. The second kappa shape index (κ2) is 10.2. The van der Waals surface area contributed by atoms with Crippen LogP contribution in [0.3, 0.4) is 0 Å². The van der Waals surface area contributed by atoms with Crippen LogP contribution in [-0.4, -0.2) is 23.1 Å². The minimum absolute atomic E-state index is 0.274. The third-order valence-electron chi connectivity index (χ3n) is 4.94. The van der Waals surface area contributed by atoms with Gasteiger partial charge in [-0.2, -0.15) is 5.26 Å². The van der Waals surface area contributed by atoms with Crippen molar-refractivity contribution in [2.24, 2.45) is 0 Å². The van der Waals surface area contributed by atoms with Crippen LogP contribution in [0.15, 0.2) is 48.1 Å². The fourth-order valence-corrected chi connectivity index (χ4v) is 5.31. The largest absolute Gasteiger partial charge is 0.446 e. The number of alkyl carbamates (subject to hydrolysis) is 1. The number of nitrogens with one attached hydrogen (secondary N) is 2. The molecule has 0 aromatic carbocycles. The molecule has 0 spiro atoms. The summed E-state index contributed by atoms with van der Waals surface area (Å²) in [6.45, 7) is 0.345. The van der Waals surface area contributed by atoms with Crippen LogP contribution in [0.5, 0.6) is 0 Å². The number of rotatable bonds is 6. The van der Waals surface area contributed by atoms with Gasteiger partial charge in [-0.15, -0.1) is 22.7 Å². The second-order valence-corrected chi connectivity index (χ2v) is 9.23. The van der Waals surface area contributed by atoms with Crippen LogP contribution in [0.2, 0.25) is 0 Å². The van der Waals surface area contributed by atoms with Crippen molar-refractivity contribution in [3.8, 4) is 6.07 Å². The molecule has 2 amide bonds. The highest BCUT2D eigenvalue weighted by Gasteiger charge is 2.28. The van der Waals surface area contributed by atoms with Crippen molar-refractivity contribution in [2.75, 3.05) is 5.32 Å². The molecule has 0 fully saturated rings. The number of carbonyl (C=O) groups is 2. The molecule has 0 bridgehead atoms. The average molecular weight is 465 g/mol. The van der Waals surface area contributed by atoms with Crippen molar-refractivity contribution in [3.63, 3.8) is 0 Å². The van der Waals surface area contributed by atoms with E-state index < -0.39 is 6.09 Å². The molecule has 7 nitrogen and oxygen atoms in total. The van der Waals surface area contributed by atoms with Crippen LogP contribution >= 0.6 is 22.7 Å². The van der Waals surface area contributed by atoms with Crippen LogP contribution < -0.4 is 10.6 Å². The van der Waals surface area contributed by atoms with Crippen molar-refractivity contribution >= 4 is 45.8 Å². The van der Waals surface area contributed by atoms with Crippen LogP contribution in [0.1, 0.15) is 32.9 Å². The van der Waals surface area contributed by atoms with Crippen LogP contribution in [0.4, 0.5) is 9.80 Å². The van der Waals surface area contributed by atoms with Gasteiger partial charge in [0, 0.05) is 41.2 Å². The van der Waals surface area contributed by atoms with E-state index in [1.165, 1.54) is 17.4 Å². The molecule has 1 unspecified atom stereocenters. The summed E-state index contributed by atoms with van der Waals surface area (Å²) in [5.74, 6) is -0.281. The lowest BCUT2D eigenvalue weighted by Gasteiger charge is -2.22. The summed E-state index contributed by atoms with van der Waals surface area (Å²) in [5.41, 5.74) is 2.33. The predicted octanol–water partition coefficient (Wildman–Crippen LogP) is 4.51. The SMILES string of the molecule is N#Cc1c(NC(=O)C=Cc2cccs2)sc2c1CCC(OC(=O)NCc1cccnc1)C2. The summed E-state index contributed by atoms with van der Waals surface area (Å²) in [5, 5.41) is 17.7. The van der Waals surface area contributed by atoms with Crippen LogP contribution in [0, 0.1) is 11.3 Å². The van der Waals surface area contributed by atoms with Crippen molar-refractivity contribution in [2.45, 2.75) is 31.9 Å². The lowest BCUT2D eigenvalue weighted by atomic mass is 9.94. The molecule has 0 radical (unpaired) electrons. The number of thiophene rings is 2. The zero-order chi connectivity index (χ0) is 22.3. The Morgan fingerprint density at radius 1 is 1.34 bits per heavy atom. The number of anilines is 1. The Labute approximate surface area is 193 Å². The van der Waals surface area contributed by atoms with Gasteiger partial charge in [0.2, 0.25) is 5.91 Å². The first-order valence-electron chi connectivity index (χ1n) is 10.0. The van der Waals surface area contributed by atoms with Gasteiger partial charge in [-0.25, -0.2) is 4.79 Å². The molecule has 32 heavy (non-hydrogen) atoms. The van der Waals surface area contributed by atoms with E-state index in [2.05, 4.69) is 21.7 Å². The van der Waals surface area contributed by atoms with Gasteiger partial charge in [0.05, 0.1) is 5.56 Å². The fourth-order valence-electron chi connectivity index (χ4n) is 3.43. The molecule has 2 N–H and O–H groups in total. The minimum Gasteiger partial charge on any atom is -0.446 e. The first kappa shape index (κ1) is 21.7. The minimum atomic E-state index is -0.480. The van der Waals surface area contributed by atoms with E-state index in [0.29, 0.717) is 36.4 Å². The zero-order valence-corrected chi connectivity index (χ0v) is 18.7. The highest BCUT2D eigenvalue weighted by Crippen LogP contribution is 2.38. The molecule has 3 aromatic heterocycles. The van der Waals surface area contributed by atoms with Crippen LogP contribution in [-0.2, 0) is 28.9 Å². The molecule has 0 saturated carbocycles. The first-order chi connectivity index (χ1) is 15.6. The number of hydrogen-bond donors (Lipinski definition) is 2. The van der Waals surface area contributed by atoms with Crippen molar-refractivity contribution in [3.05, 3.63) is 74.6 Å². The third kappa shape index (κ3) is 5.41. The summed E-state index contributed by atoms with van der Waals surface area (Å²) in [6.07, 6.45) is 7.59. The van der Waals surface area contributed by atoms with E-state index in [1.807, 2.05) is 29.6 Å². The quantitative estimate of drug-likeness (QED) is 0.522. The number of hydrogen-bond acceptors (Lipinski definition) is 7. The maximum Gasteiger partial charge on any atom is 0.407 e. The molecule has 0 saturated heterocycles. The fraction of sp³-hybridized carbons (Fsp3) is 0.217. The van der Waals surface area contributed by atoms with E-state index in [0.717, 1.165) is 20.9 Å². The summed E-state index contributed by atoms with van der Waals surface area (Å²) in [7, 11) is 0. The third-order valence-corrected chi connectivity index (χ3v) is 6.95. The van der Waals surface area contributed by atoms with Gasteiger partial charge < -0.3 is 15.4 Å². The van der Waals surface area contributed by atoms with E-state index in [-0.39, 0.29) is 12.0 Å². The number of carbonyl (C=O) groups excluding carboxylic acids is 2. The maximum absolute atomic E-state index is 12.3. The van der Waals surface area contributed by atoms with E-state index in [1.54, 1.807) is 29.8 Å². The Kier molecular flexibility index (Phi) is 6.94. The summed E-state index contributed by atoms with van der Waals surface area (Å²) >= 11 is 2.92. The lowest BCUT2D eigenvalue weighted by Crippen LogP contribution is -2.31. The first-order valence-corrected chi connectivity index (χ1v) is 11.7. The van der Waals surface area contributed by atoms with Gasteiger partial charge >= 0.3 is 6.09 Å². The molecule has 0 aliphatic heterocycles. The van der Waals surface area contributed by atoms with Gasteiger partial charge in [0.15, 0.2) is 0 Å². The Morgan fingerprint density at radius 2 is 2.25 bits per heavy atom. The number of amides is 2. The topological polar surface area (TPSA) is 104 Å². The van der Waals surface area contributed by atoms with Gasteiger partial charge in [0.25, 0.3) is 0 Å². The molecule has 162 valence electrons. The molecule has 1 aliphatic carbocycles. The van der Waals surface area contributed by atoms with Gasteiger partial charge in [-0.05, 0) is 47.6 Å². The Balaban J connectivity index is 1.36. The number of nitrogens with zero attached hydrogens (tertiary/aromatic N) is 2. The van der Waals surface area contributed by atoms with Crippen molar-refractivity contribution in [1.29, 1.82) is 5.26 Å². The Bertz CT molecular complexity index is 1160. The highest BCUT2D eigenvalue weighted by atomic mass is 32.1. The number of pyridine rings is 1. The number of aromatic nitrogens is 1. The lowest BCUT2D eigenvalue weighted by molar-refractivity contribution is -0.111. The van der Waals surface area contributed by atoms with Crippen molar-refractivity contribution < 1.29 is 14.3 Å². The Hall–Kier alpha value is -3.48. The Morgan fingerprint density at radius 3 is 3.00 bits per heavy atom. The predicted molar refractivity (Wildman–Crippen MR) is 124 cm³/mol. The second-order valence-electron chi connectivity index (χ2n) is 7.14. The zero-order valence-electron chi connectivity index (χ0n) is 17.0. The molecule has 9 heteroatoms. The monoisotopic (exact) mass is 464 g/mol. The molecular weight excluding hydrogens is 444 g/mol. The number of ether oxygens (including phenoxy) is 1. The normalized spacial score (nSPS) is 15.0. The molecule has 1 aliphatic rings. The van der Waals surface area contributed by atoms with E-state index in [9.17, 15) is 14.9 Å². The number of nitriles is 1. The maximum atomic E-state index is 12.3. The molecule has 4 rings (SSSR count). The average Bonchev–Trinajstić information content (AvgIpc) is 3.44. The summed E-state index contributed by atoms with van der Waals surface area (Å²) < 4.78 is 5.57. The summed E-state index contributed by atoms with van der Waals surface area (Å²) in [6, 6.07) is 9.74. The van der Waals surface area contributed by atoms with Gasteiger partial charge in [0.1, 0.15) is 17.2 Å². The molecule has 3 aromatic rings. The van der Waals surface area contributed by atoms with Gasteiger partial charge in [-0.1, -0.05) is 12.1 Å². The molecular formula is C23H20N4O3S2. The molecule has 1 atom stereocenters.